The molecule has 1 aliphatic rings. The summed E-state index contributed by atoms with van der Waals surface area (Å²) in [6.07, 6.45) is 7.42. The lowest BCUT2D eigenvalue weighted by Crippen LogP contribution is -2.36. The maximum atomic E-state index is 12.4. The van der Waals surface area contributed by atoms with E-state index in [-0.39, 0.29) is 11.6 Å². The highest BCUT2D eigenvalue weighted by molar-refractivity contribution is 5.56. The van der Waals surface area contributed by atoms with Crippen molar-refractivity contribution >= 4 is 0 Å². The molecule has 0 amide bonds. The predicted molar refractivity (Wildman–Crippen MR) is 106 cm³/mol. The highest BCUT2D eigenvalue weighted by Crippen LogP contribution is 2.23. The largest absolute Gasteiger partial charge is 0.444 e. The van der Waals surface area contributed by atoms with Crippen LogP contribution in [0.5, 0.6) is 0 Å². The van der Waals surface area contributed by atoms with Gasteiger partial charge in [-0.05, 0) is 37.6 Å². The van der Waals surface area contributed by atoms with Crippen LogP contribution in [0.2, 0.25) is 0 Å². The normalized spacial score (nSPS) is 17.5. The van der Waals surface area contributed by atoms with Gasteiger partial charge < -0.3 is 4.42 Å². The minimum absolute atomic E-state index is 0.0855. The second kappa shape index (κ2) is 8.06. The van der Waals surface area contributed by atoms with Crippen LogP contribution < -0.4 is 5.56 Å². The standard InChI is InChI=1S/C21H25N5O2/c1-15(2)19-12-23-20(28-19)14-25-10-4-6-17(25)13-26-21(27)8-7-18(24-26)16-5-3-9-22-11-16/h3,5,7-9,11-12,15,17H,4,6,10,13-14H2,1-2H3. The first kappa shape index (κ1) is 18.6. The van der Waals surface area contributed by atoms with Gasteiger partial charge in [-0.3, -0.25) is 14.7 Å². The number of rotatable bonds is 6. The van der Waals surface area contributed by atoms with Gasteiger partial charge in [0.1, 0.15) is 5.76 Å². The molecule has 1 unspecified atom stereocenters. The molecule has 4 rings (SSSR count). The zero-order valence-corrected chi connectivity index (χ0v) is 16.3. The molecule has 28 heavy (non-hydrogen) atoms. The van der Waals surface area contributed by atoms with Crippen LogP contribution in [0.4, 0.5) is 0 Å². The summed E-state index contributed by atoms with van der Waals surface area (Å²) >= 11 is 0. The van der Waals surface area contributed by atoms with E-state index < -0.39 is 0 Å². The van der Waals surface area contributed by atoms with Crippen molar-refractivity contribution in [1.29, 1.82) is 0 Å². The third-order valence-electron chi connectivity index (χ3n) is 5.19. The van der Waals surface area contributed by atoms with Gasteiger partial charge in [0.25, 0.3) is 5.56 Å². The second-order valence-corrected chi connectivity index (χ2v) is 7.56. The summed E-state index contributed by atoms with van der Waals surface area (Å²) < 4.78 is 7.43. The fourth-order valence-corrected chi connectivity index (χ4v) is 3.60. The number of nitrogens with zero attached hydrogens (tertiary/aromatic N) is 5. The molecule has 0 radical (unpaired) electrons. The molecule has 1 aliphatic heterocycles. The molecular weight excluding hydrogens is 354 g/mol. The number of oxazole rings is 1. The topological polar surface area (TPSA) is 77.1 Å². The van der Waals surface area contributed by atoms with Crippen molar-refractivity contribution < 1.29 is 4.42 Å². The van der Waals surface area contributed by atoms with Crippen LogP contribution in [0.15, 0.2) is 52.1 Å². The number of hydrogen-bond donors (Lipinski definition) is 0. The van der Waals surface area contributed by atoms with Crippen molar-refractivity contribution in [2.45, 2.75) is 51.7 Å². The molecule has 7 nitrogen and oxygen atoms in total. The summed E-state index contributed by atoms with van der Waals surface area (Å²) in [5.74, 6) is 1.97. The van der Waals surface area contributed by atoms with Gasteiger partial charge in [-0.25, -0.2) is 9.67 Å². The molecule has 3 aromatic rings. The third kappa shape index (κ3) is 4.04. The van der Waals surface area contributed by atoms with Crippen LogP contribution in [0, 0.1) is 0 Å². The van der Waals surface area contributed by atoms with Crippen molar-refractivity contribution in [3.05, 3.63) is 64.9 Å². The Morgan fingerprint density at radius 2 is 2.14 bits per heavy atom. The molecule has 146 valence electrons. The maximum Gasteiger partial charge on any atom is 0.266 e. The molecular formula is C21H25N5O2. The molecule has 0 saturated carbocycles. The van der Waals surface area contributed by atoms with E-state index in [1.165, 1.54) is 0 Å². The van der Waals surface area contributed by atoms with Gasteiger partial charge in [-0.2, -0.15) is 5.10 Å². The second-order valence-electron chi connectivity index (χ2n) is 7.56. The van der Waals surface area contributed by atoms with Crippen molar-refractivity contribution in [3.8, 4) is 11.3 Å². The van der Waals surface area contributed by atoms with Crippen LogP contribution in [0.1, 0.15) is 44.3 Å². The fraction of sp³-hybridized carbons (Fsp3) is 0.429. The molecule has 7 heteroatoms. The minimum atomic E-state index is -0.0855. The summed E-state index contributed by atoms with van der Waals surface area (Å²) in [5.41, 5.74) is 1.57. The Morgan fingerprint density at radius 1 is 1.25 bits per heavy atom. The van der Waals surface area contributed by atoms with Crippen LogP contribution >= 0.6 is 0 Å². The number of likely N-dealkylation sites (tertiary alicyclic amines) is 1. The SMILES string of the molecule is CC(C)c1cnc(CN2CCCC2Cn2nc(-c3cccnc3)ccc2=O)o1. The molecule has 0 bridgehead atoms. The van der Waals surface area contributed by atoms with E-state index in [1.54, 1.807) is 29.2 Å². The Morgan fingerprint density at radius 3 is 2.89 bits per heavy atom. The summed E-state index contributed by atoms with van der Waals surface area (Å²) in [6, 6.07) is 7.39. The summed E-state index contributed by atoms with van der Waals surface area (Å²) in [6.45, 7) is 6.38. The molecule has 1 atom stereocenters. The van der Waals surface area contributed by atoms with E-state index in [2.05, 4.69) is 33.8 Å². The third-order valence-corrected chi connectivity index (χ3v) is 5.19. The Bertz CT molecular complexity index is 980. The van der Waals surface area contributed by atoms with Gasteiger partial charge in [0.2, 0.25) is 5.89 Å². The van der Waals surface area contributed by atoms with Crippen molar-refractivity contribution in [3.63, 3.8) is 0 Å². The van der Waals surface area contributed by atoms with E-state index in [4.69, 9.17) is 4.42 Å². The molecule has 1 saturated heterocycles. The van der Waals surface area contributed by atoms with E-state index in [9.17, 15) is 4.79 Å². The Hall–Kier alpha value is -2.80. The highest BCUT2D eigenvalue weighted by atomic mass is 16.4. The number of aromatic nitrogens is 4. The summed E-state index contributed by atoms with van der Waals surface area (Å²) in [4.78, 5) is 23.3. The lowest BCUT2D eigenvalue weighted by atomic mass is 10.2. The van der Waals surface area contributed by atoms with Crippen LogP contribution in [-0.2, 0) is 13.1 Å². The number of hydrogen-bond acceptors (Lipinski definition) is 6. The molecule has 0 spiro atoms. The first-order valence-corrected chi connectivity index (χ1v) is 9.77. The van der Waals surface area contributed by atoms with Crippen molar-refractivity contribution in [2.24, 2.45) is 0 Å². The average Bonchev–Trinajstić information content (AvgIpc) is 3.34. The van der Waals surface area contributed by atoms with Crippen molar-refractivity contribution in [1.82, 2.24) is 24.6 Å². The van der Waals surface area contributed by atoms with Gasteiger partial charge in [0.05, 0.1) is 25.0 Å². The lowest BCUT2D eigenvalue weighted by molar-refractivity contribution is 0.196. The average molecular weight is 379 g/mol. The first-order chi connectivity index (χ1) is 13.6. The quantitative estimate of drug-likeness (QED) is 0.655. The van der Waals surface area contributed by atoms with Crippen LogP contribution in [0.25, 0.3) is 11.3 Å². The molecule has 0 N–H and O–H groups in total. The van der Waals surface area contributed by atoms with Crippen LogP contribution in [0.3, 0.4) is 0 Å². The van der Waals surface area contributed by atoms with Gasteiger partial charge in [0, 0.05) is 36.0 Å². The molecule has 0 aliphatic carbocycles. The number of pyridine rings is 1. The Kier molecular flexibility index (Phi) is 5.34. The first-order valence-electron chi connectivity index (χ1n) is 9.77. The van der Waals surface area contributed by atoms with E-state index >= 15 is 0 Å². The molecule has 4 heterocycles. The van der Waals surface area contributed by atoms with Crippen molar-refractivity contribution in [2.75, 3.05) is 6.54 Å². The zero-order chi connectivity index (χ0) is 19.5. The zero-order valence-electron chi connectivity index (χ0n) is 16.3. The predicted octanol–water partition coefficient (Wildman–Crippen LogP) is 3.08. The smallest absolute Gasteiger partial charge is 0.266 e. The maximum absolute atomic E-state index is 12.4. The monoisotopic (exact) mass is 379 g/mol. The fourth-order valence-electron chi connectivity index (χ4n) is 3.60. The van der Waals surface area contributed by atoms with Gasteiger partial charge in [-0.1, -0.05) is 13.8 Å². The molecule has 3 aromatic heterocycles. The van der Waals surface area contributed by atoms with Gasteiger partial charge in [0.15, 0.2) is 0 Å². The van der Waals surface area contributed by atoms with Gasteiger partial charge >= 0.3 is 0 Å². The molecule has 0 aromatic carbocycles. The lowest BCUT2D eigenvalue weighted by Gasteiger charge is -2.23. The Labute approximate surface area is 164 Å². The molecule has 1 fully saturated rings. The van der Waals surface area contributed by atoms with E-state index in [0.29, 0.717) is 19.0 Å². The highest BCUT2D eigenvalue weighted by Gasteiger charge is 2.27. The van der Waals surface area contributed by atoms with Crippen LogP contribution in [-0.4, -0.2) is 37.2 Å². The summed E-state index contributed by atoms with van der Waals surface area (Å²) in [7, 11) is 0. The Balaban J connectivity index is 1.50. The minimum Gasteiger partial charge on any atom is -0.444 e. The van der Waals surface area contributed by atoms with E-state index in [1.807, 2.05) is 18.3 Å². The van der Waals surface area contributed by atoms with E-state index in [0.717, 1.165) is 42.3 Å². The summed E-state index contributed by atoms with van der Waals surface area (Å²) in [5, 5.41) is 4.57. The van der Waals surface area contributed by atoms with Gasteiger partial charge in [-0.15, -0.1) is 0 Å².